The molecule has 3 unspecified atom stereocenters. The summed E-state index contributed by atoms with van der Waals surface area (Å²) < 4.78 is 52.4. The van der Waals surface area contributed by atoms with Gasteiger partial charge in [0.05, 0.1) is 41.7 Å². The maximum absolute atomic E-state index is 13.4. The number of fused-ring (bicyclic) bond motifs is 2. The second-order valence-corrected chi connectivity index (χ2v) is 10.4. The number of aromatic amines is 2. The number of amides is 1. The van der Waals surface area contributed by atoms with E-state index in [1.165, 1.54) is 12.1 Å². The van der Waals surface area contributed by atoms with Gasteiger partial charge in [0, 0.05) is 38.0 Å². The van der Waals surface area contributed by atoms with E-state index in [4.69, 9.17) is 9.47 Å². The molecule has 38 heavy (non-hydrogen) atoms. The average Bonchev–Trinajstić information content (AvgIpc) is 3.61. The van der Waals surface area contributed by atoms with Gasteiger partial charge in [-0.05, 0) is 44.2 Å². The maximum Gasteiger partial charge on any atom is 0.418 e. The molecule has 1 amide bonds. The van der Waals surface area contributed by atoms with Crippen molar-refractivity contribution in [1.82, 2.24) is 30.2 Å². The number of aryl methyl sites for hydroxylation is 1. The Bertz CT molecular complexity index is 1280. The molecular weight excluding hydrogens is 501 g/mol. The van der Waals surface area contributed by atoms with Crippen molar-refractivity contribution < 1.29 is 27.4 Å². The molecule has 0 bridgehead atoms. The molecule has 9 nitrogen and oxygen atoms in total. The lowest BCUT2D eigenvalue weighted by Crippen LogP contribution is -2.45. The first kappa shape index (κ1) is 25.3. The van der Waals surface area contributed by atoms with E-state index in [2.05, 4.69) is 30.2 Å². The Morgan fingerprint density at radius 2 is 2.11 bits per heavy atom. The maximum atomic E-state index is 13.4. The molecule has 2 fully saturated rings. The summed E-state index contributed by atoms with van der Waals surface area (Å²) in [5, 5.41) is 3.10. The number of nitrogens with zero attached hydrogens (tertiary/aromatic N) is 3. The van der Waals surface area contributed by atoms with Gasteiger partial charge in [0.15, 0.2) is 0 Å². The Balaban J connectivity index is 1.17. The van der Waals surface area contributed by atoms with Gasteiger partial charge in [-0.3, -0.25) is 9.69 Å². The molecule has 1 aromatic carbocycles. The van der Waals surface area contributed by atoms with Crippen LogP contribution in [0.3, 0.4) is 0 Å². The highest BCUT2D eigenvalue weighted by molar-refractivity contribution is 5.82. The molecule has 3 aromatic rings. The molecule has 4 atom stereocenters. The van der Waals surface area contributed by atoms with Crippen LogP contribution in [-0.2, 0) is 33.3 Å². The monoisotopic (exact) mass is 532 g/mol. The van der Waals surface area contributed by atoms with Crippen LogP contribution in [0.5, 0.6) is 0 Å². The van der Waals surface area contributed by atoms with E-state index in [9.17, 15) is 18.0 Å². The van der Waals surface area contributed by atoms with Gasteiger partial charge in [0.25, 0.3) is 0 Å². The highest BCUT2D eigenvalue weighted by Gasteiger charge is 2.41. The average molecular weight is 533 g/mol. The van der Waals surface area contributed by atoms with Crippen LogP contribution in [0.15, 0.2) is 24.5 Å². The lowest BCUT2D eigenvalue weighted by molar-refractivity contribution is -0.136. The molecule has 4 heterocycles. The van der Waals surface area contributed by atoms with Crippen molar-refractivity contribution in [2.75, 3.05) is 26.3 Å². The second-order valence-electron chi connectivity index (χ2n) is 10.4. The fourth-order valence-electron chi connectivity index (χ4n) is 6.00. The number of carbonyl (C=O) groups is 1. The number of hydrogen-bond donors (Lipinski definition) is 3. The molecule has 12 heteroatoms. The first-order chi connectivity index (χ1) is 18.3. The van der Waals surface area contributed by atoms with E-state index in [1.54, 1.807) is 6.33 Å². The van der Waals surface area contributed by atoms with E-state index in [1.807, 2.05) is 0 Å². The van der Waals surface area contributed by atoms with Crippen molar-refractivity contribution in [2.24, 2.45) is 0 Å². The minimum absolute atomic E-state index is 0.130. The molecule has 0 saturated carbocycles. The molecule has 0 radical (unpaired) electrons. The predicted octanol–water partition coefficient (Wildman–Crippen LogP) is 3.29. The minimum Gasteiger partial charge on any atom is -0.381 e. The van der Waals surface area contributed by atoms with Crippen LogP contribution in [0.25, 0.3) is 11.0 Å². The number of imidazole rings is 2. The number of para-hydroxylation sites is 1. The molecule has 2 saturated heterocycles. The van der Waals surface area contributed by atoms with Gasteiger partial charge in [-0.15, -0.1) is 0 Å². The number of halogens is 3. The van der Waals surface area contributed by atoms with E-state index in [-0.39, 0.29) is 47.4 Å². The molecule has 2 aliphatic heterocycles. The highest BCUT2D eigenvalue weighted by Crippen LogP contribution is 2.35. The summed E-state index contributed by atoms with van der Waals surface area (Å²) in [5.41, 5.74) is 1.28. The number of nitrogens with one attached hydrogen (secondary N) is 3. The third-order valence-electron chi connectivity index (χ3n) is 7.83. The van der Waals surface area contributed by atoms with Gasteiger partial charge in [0.1, 0.15) is 17.4 Å². The lowest BCUT2D eigenvalue weighted by atomic mass is 10.1. The number of ether oxygens (including phenoxy) is 2. The topological polar surface area (TPSA) is 108 Å². The second kappa shape index (κ2) is 10.3. The SMILES string of the molecule is O=C(Cc1nc2c(C(F)(F)F)cccc2[nH]1)NC1CN(C2CCCOCC2)C[C@@H]1OC1CCc2[nH]cnc21. The first-order valence-electron chi connectivity index (χ1n) is 13.2. The summed E-state index contributed by atoms with van der Waals surface area (Å²) in [6, 6.07) is 3.94. The molecule has 204 valence electrons. The normalized spacial score (nSPS) is 26.5. The van der Waals surface area contributed by atoms with Crippen molar-refractivity contribution in [3.05, 3.63) is 47.3 Å². The Labute approximate surface area is 217 Å². The van der Waals surface area contributed by atoms with E-state index < -0.39 is 11.7 Å². The third kappa shape index (κ3) is 5.16. The standard InChI is InChI=1S/C26H31F3N6O3/c27-26(28,29)16-4-1-5-18-24(16)34-22(32-18)11-23(36)33-19-12-35(15-3-2-9-37-10-8-15)13-21(19)38-20-7-6-17-25(20)31-14-30-17/h1,4-5,14-15,19-21H,2-3,6-13H2,(H,30,31)(H,32,34)(H,33,36)/t15?,19?,20?,21-/m0/s1. The number of hydrogen-bond acceptors (Lipinski definition) is 6. The number of rotatable bonds is 6. The van der Waals surface area contributed by atoms with Gasteiger partial charge >= 0.3 is 6.18 Å². The fraction of sp³-hybridized carbons (Fsp3) is 0.577. The summed E-state index contributed by atoms with van der Waals surface area (Å²) >= 11 is 0. The number of aromatic nitrogens is 4. The predicted molar refractivity (Wildman–Crippen MR) is 131 cm³/mol. The van der Waals surface area contributed by atoms with Crippen molar-refractivity contribution in [1.29, 1.82) is 0 Å². The van der Waals surface area contributed by atoms with E-state index in [0.29, 0.717) is 19.1 Å². The van der Waals surface area contributed by atoms with Crippen LogP contribution >= 0.6 is 0 Å². The van der Waals surface area contributed by atoms with Crippen molar-refractivity contribution in [3.63, 3.8) is 0 Å². The summed E-state index contributed by atoms with van der Waals surface area (Å²) in [5.74, 6) is -0.117. The lowest BCUT2D eigenvalue weighted by Gasteiger charge is -2.26. The number of benzene rings is 1. The largest absolute Gasteiger partial charge is 0.418 e. The Kier molecular flexibility index (Phi) is 6.87. The molecule has 6 rings (SSSR count). The number of likely N-dealkylation sites (tertiary alicyclic amines) is 1. The molecule has 2 aromatic heterocycles. The van der Waals surface area contributed by atoms with Gasteiger partial charge < -0.3 is 24.8 Å². The smallest absolute Gasteiger partial charge is 0.381 e. The molecule has 0 spiro atoms. The molecule has 3 aliphatic rings. The van der Waals surface area contributed by atoms with Crippen molar-refractivity contribution in [2.45, 2.75) is 69.0 Å². The van der Waals surface area contributed by atoms with E-state index in [0.717, 1.165) is 62.8 Å². The summed E-state index contributed by atoms with van der Waals surface area (Å²) in [4.78, 5) is 30.1. The number of carbonyl (C=O) groups excluding carboxylic acids is 1. The zero-order valence-corrected chi connectivity index (χ0v) is 20.9. The van der Waals surface area contributed by atoms with Crippen LogP contribution in [0.2, 0.25) is 0 Å². The zero-order valence-electron chi connectivity index (χ0n) is 20.9. The minimum atomic E-state index is -4.52. The quantitative estimate of drug-likeness (QED) is 0.450. The van der Waals surface area contributed by atoms with Crippen molar-refractivity contribution >= 4 is 16.9 Å². The zero-order chi connectivity index (χ0) is 26.3. The van der Waals surface area contributed by atoms with Crippen LogP contribution < -0.4 is 5.32 Å². The van der Waals surface area contributed by atoms with Gasteiger partial charge in [-0.1, -0.05) is 6.07 Å². The first-order valence-corrected chi connectivity index (χ1v) is 13.2. The fourth-order valence-corrected chi connectivity index (χ4v) is 6.00. The number of H-pyrrole nitrogens is 2. The summed E-state index contributed by atoms with van der Waals surface area (Å²) in [7, 11) is 0. The molecular formula is C26H31F3N6O3. The van der Waals surface area contributed by atoms with Crippen LogP contribution in [0.1, 0.15) is 54.6 Å². The number of alkyl halides is 3. The summed E-state index contributed by atoms with van der Waals surface area (Å²) in [6.45, 7) is 2.81. The van der Waals surface area contributed by atoms with E-state index >= 15 is 0 Å². The van der Waals surface area contributed by atoms with Gasteiger partial charge in [0.2, 0.25) is 5.91 Å². The van der Waals surface area contributed by atoms with Gasteiger partial charge in [-0.25, -0.2) is 9.97 Å². The van der Waals surface area contributed by atoms with Crippen LogP contribution in [-0.4, -0.2) is 75.2 Å². The highest BCUT2D eigenvalue weighted by atomic mass is 19.4. The Morgan fingerprint density at radius 1 is 1.21 bits per heavy atom. The van der Waals surface area contributed by atoms with Crippen LogP contribution in [0, 0.1) is 0 Å². The Hall–Kier alpha value is -2.96. The van der Waals surface area contributed by atoms with Crippen molar-refractivity contribution in [3.8, 4) is 0 Å². The summed E-state index contributed by atoms with van der Waals surface area (Å²) in [6.07, 6.45) is 1.31. The van der Waals surface area contributed by atoms with Gasteiger partial charge in [-0.2, -0.15) is 13.2 Å². The molecule has 1 aliphatic carbocycles. The Morgan fingerprint density at radius 3 is 2.97 bits per heavy atom. The van der Waals surface area contributed by atoms with Crippen LogP contribution in [0.4, 0.5) is 13.2 Å². The molecule has 3 N–H and O–H groups in total. The third-order valence-corrected chi connectivity index (χ3v) is 7.83.